The topological polar surface area (TPSA) is 70.6 Å². The molecule has 2 aliphatic heterocycles. The molecule has 7 nitrogen and oxygen atoms in total. The van der Waals surface area contributed by atoms with Crippen LogP contribution in [0.2, 0.25) is 0 Å². The SMILES string of the molecule is O=C(NC1CCOCC1)c1ccc(N2CCN(C/C=C/c3ccccc3)CC2)nn1. The molecule has 1 aromatic carbocycles. The van der Waals surface area contributed by atoms with E-state index in [1.165, 1.54) is 5.56 Å². The number of ether oxygens (including phenoxy) is 1. The van der Waals surface area contributed by atoms with Crippen molar-refractivity contribution < 1.29 is 9.53 Å². The van der Waals surface area contributed by atoms with Crippen LogP contribution in [0.15, 0.2) is 48.5 Å². The van der Waals surface area contributed by atoms with E-state index in [-0.39, 0.29) is 11.9 Å². The Hall–Kier alpha value is -2.77. The van der Waals surface area contributed by atoms with Gasteiger partial charge in [0.05, 0.1) is 0 Å². The summed E-state index contributed by atoms with van der Waals surface area (Å²) in [4.78, 5) is 17.0. The summed E-state index contributed by atoms with van der Waals surface area (Å²) in [5, 5.41) is 11.5. The van der Waals surface area contributed by atoms with Gasteiger partial charge >= 0.3 is 0 Å². The second-order valence-corrected chi connectivity index (χ2v) is 7.74. The molecule has 158 valence electrons. The molecule has 1 amide bonds. The van der Waals surface area contributed by atoms with Crippen molar-refractivity contribution in [3.05, 3.63) is 59.8 Å². The monoisotopic (exact) mass is 407 g/mol. The van der Waals surface area contributed by atoms with E-state index in [9.17, 15) is 4.79 Å². The maximum Gasteiger partial charge on any atom is 0.272 e. The number of anilines is 1. The molecule has 0 unspecified atom stereocenters. The van der Waals surface area contributed by atoms with Crippen molar-refractivity contribution in [1.82, 2.24) is 20.4 Å². The Morgan fingerprint density at radius 1 is 1.03 bits per heavy atom. The van der Waals surface area contributed by atoms with Crippen molar-refractivity contribution >= 4 is 17.8 Å². The van der Waals surface area contributed by atoms with Crippen LogP contribution in [0.1, 0.15) is 28.9 Å². The normalized spacial score (nSPS) is 18.6. The molecule has 0 bridgehead atoms. The van der Waals surface area contributed by atoms with E-state index in [1.807, 2.05) is 12.1 Å². The average Bonchev–Trinajstić information content (AvgIpc) is 2.81. The lowest BCUT2D eigenvalue weighted by molar-refractivity contribution is 0.0693. The molecule has 0 radical (unpaired) electrons. The van der Waals surface area contributed by atoms with Gasteiger partial charge in [-0.1, -0.05) is 42.5 Å². The van der Waals surface area contributed by atoms with Crippen molar-refractivity contribution in [3.63, 3.8) is 0 Å². The van der Waals surface area contributed by atoms with Gasteiger partial charge in [0.1, 0.15) is 0 Å². The van der Waals surface area contributed by atoms with Gasteiger partial charge in [-0.2, -0.15) is 0 Å². The van der Waals surface area contributed by atoms with Crippen LogP contribution in [0.25, 0.3) is 6.08 Å². The first kappa shape index (κ1) is 20.5. The van der Waals surface area contributed by atoms with Crippen molar-refractivity contribution in [2.75, 3.05) is 50.8 Å². The van der Waals surface area contributed by atoms with Gasteiger partial charge in [0.25, 0.3) is 5.91 Å². The Morgan fingerprint density at radius 2 is 1.80 bits per heavy atom. The van der Waals surface area contributed by atoms with Gasteiger partial charge in [0.2, 0.25) is 0 Å². The van der Waals surface area contributed by atoms with E-state index in [4.69, 9.17) is 4.74 Å². The lowest BCUT2D eigenvalue weighted by atomic mass is 10.1. The molecule has 2 fully saturated rings. The lowest BCUT2D eigenvalue weighted by Crippen LogP contribution is -2.46. The van der Waals surface area contributed by atoms with E-state index in [0.29, 0.717) is 18.9 Å². The number of benzene rings is 1. The third-order valence-electron chi connectivity index (χ3n) is 5.61. The Labute approximate surface area is 177 Å². The van der Waals surface area contributed by atoms with Gasteiger partial charge in [-0.05, 0) is 30.5 Å². The highest BCUT2D eigenvalue weighted by atomic mass is 16.5. The maximum atomic E-state index is 12.4. The molecule has 2 aromatic rings. The zero-order valence-electron chi connectivity index (χ0n) is 17.2. The molecule has 0 spiro atoms. The summed E-state index contributed by atoms with van der Waals surface area (Å²) < 4.78 is 5.33. The van der Waals surface area contributed by atoms with Crippen LogP contribution in [-0.4, -0.2) is 73.0 Å². The fourth-order valence-electron chi connectivity index (χ4n) is 3.78. The number of carbonyl (C=O) groups excluding carboxylic acids is 1. The third-order valence-corrected chi connectivity index (χ3v) is 5.61. The predicted octanol–water partition coefficient (Wildman–Crippen LogP) is 2.22. The average molecular weight is 408 g/mol. The van der Waals surface area contributed by atoms with E-state index >= 15 is 0 Å². The highest BCUT2D eigenvalue weighted by molar-refractivity contribution is 5.92. The molecule has 0 saturated carbocycles. The molecule has 0 aliphatic carbocycles. The summed E-state index contributed by atoms with van der Waals surface area (Å²) in [6, 6.07) is 14.2. The quantitative estimate of drug-likeness (QED) is 0.792. The number of carbonyl (C=O) groups is 1. The van der Waals surface area contributed by atoms with Crippen LogP contribution >= 0.6 is 0 Å². The summed E-state index contributed by atoms with van der Waals surface area (Å²) in [5.74, 6) is 0.674. The van der Waals surface area contributed by atoms with E-state index in [0.717, 1.165) is 51.4 Å². The molecule has 3 heterocycles. The van der Waals surface area contributed by atoms with Crippen molar-refractivity contribution in [2.45, 2.75) is 18.9 Å². The van der Waals surface area contributed by atoms with Crippen LogP contribution in [-0.2, 0) is 4.74 Å². The minimum absolute atomic E-state index is 0.157. The molecule has 7 heteroatoms. The number of nitrogens with zero attached hydrogens (tertiary/aromatic N) is 4. The predicted molar refractivity (Wildman–Crippen MR) is 117 cm³/mol. The molecule has 1 N–H and O–H groups in total. The fourth-order valence-corrected chi connectivity index (χ4v) is 3.78. The number of hydrogen-bond acceptors (Lipinski definition) is 6. The van der Waals surface area contributed by atoms with E-state index in [2.05, 4.69) is 61.7 Å². The number of amides is 1. The highest BCUT2D eigenvalue weighted by Gasteiger charge is 2.20. The molecule has 2 saturated heterocycles. The minimum Gasteiger partial charge on any atom is -0.381 e. The number of rotatable bonds is 6. The zero-order chi connectivity index (χ0) is 20.6. The van der Waals surface area contributed by atoms with Crippen LogP contribution in [0.3, 0.4) is 0 Å². The maximum absolute atomic E-state index is 12.4. The van der Waals surface area contributed by atoms with Gasteiger partial charge in [0, 0.05) is 52.0 Å². The second kappa shape index (κ2) is 10.3. The summed E-state index contributed by atoms with van der Waals surface area (Å²) in [6.45, 7) is 6.11. The largest absolute Gasteiger partial charge is 0.381 e. The molecular weight excluding hydrogens is 378 g/mol. The smallest absolute Gasteiger partial charge is 0.272 e. The summed E-state index contributed by atoms with van der Waals surface area (Å²) in [5.41, 5.74) is 1.60. The van der Waals surface area contributed by atoms with Crippen LogP contribution in [0.4, 0.5) is 5.82 Å². The van der Waals surface area contributed by atoms with Crippen LogP contribution in [0, 0.1) is 0 Å². The molecule has 30 heavy (non-hydrogen) atoms. The van der Waals surface area contributed by atoms with Gasteiger partial charge in [-0.3, -0.25) is 9.69 Å². The second-order valence-electron chi connectivity index (χ2n) is 7.74. The van der Waals surface area contributed by atoms with E-state index < -0.39 is 0 Å². The fraction of sp³-hybridized carbons (Fsp3) is 0.435. The molecule has 1 aromatic heterocycles. The summed E-state index contributed by atoms with van der Waals surface area (Å²) in [6.07, 6.45) is 6.09. The third kappa shape index (κ3) is 5.64. The molecule has 4 rings (SSSR count). The van der Waals surface area contributed by atoms with Gasteiger partial charge in [-0.15, -0.1) is 10.2 Å². The Bertz CT molecular complexity index is 826. The number of aromatic nitrogens is 2. The Morgan fingerprint density at radius 3 is 2.50 bits per heavy atom. The van der Waals surface area contributed by atoms with Crippen molar-refractivity contribution in [2.24, 2.45) is 0 Å². The highest BCUT2D eigenvalue weighted by Crippen LogP contribution is 2.14. The first-order valence-electron chi connectivity index (χ1n) is 10.7. The van der Waals surface area contributed by atoms with Gasteiger partial charge < -0.3 is 15.0 Å². The number of nitrogens with one attached hydrogen (secondary N) is 1. The number of piperazine rings is 1. The summed E-state index contributed by atoms with van der Waals surface area (Å²) >= 11 is 0. The van der Waals surface area contributed by atoms with Crippen LogP contribution in [0.5, 0.6) is 0 Å². The van der Waals surface area contributed by atoms with Gasteiger partial charge in [0.15, 0.2) is 11.5 Å². The van der Waals surface area contributed by atoms with Crippen molar-refractivity contribution in [1.29, 1.82) is 0 Å². The Kier molecular flexibility index (Phi) is 7.05. The molecule has 0 atom stereocenters. The number of hydrogen-bond donors (Lipinski definition) is 1. The standard InChI is InChI=1S/C23H29N5O2/c29-23(24-20-10-17-30-18-11-20)21-8-9-22(26-25-21)28-15-13-27(14-16-28)12-4-7-19-5-2-1-3-6-19/h1-9,20H,10-18H2,(H,24,29)/b7-4+. The van der Waals surface area contributed by atoms with Crippen molar-refractivity contribution in [3.8, 4) is 0 Å². The lowest BCUT2D eigenvalue weighted by Gasteiger charge is -2.34. The van der Waals surface area contributed by atoms with Crippen LogP contribution < -0.4 is 10.2 Å². The molecule has 2 aliphatic rings. The molecular formula is C23H29N5O2. The Balaban J connectivity index is 1.23. The minimum atomic E-state index is -0.157. The summed E-state index contributed by atoms with van der Waals surface area (Å²) in [7, 11) is 0. The first-order valence-corrected chi connectivity index (χ1v) is 10.7. The van der Waals surface area contributed by atoms with E-state index in [1.54, 1.807) is 6.07 Å². The zero-order valence-corrected chi connectivity index (χ0v) is 17.2. The first-order chi connectivity index (χ1) is 14.8. The van der Waals surface area contributed by atoms with Gasteiger partial charge in [-0.25, -0.2) is 0 Å².